The zero-order valence-corrected chi connectivity index (χ0v) is 17.8. The lowest BCUT2D eigenvalue weighted by Crippen LogP contribution is -2.51. The molecular weight excluding hydrogens is 416 g/mol. The van der Waals surface area contributed by atoms with Crippen LogP contribution in [-0.2, 0) is 14.4 Å². The molecule has 0 saturated carbocycles. The maximum absolute atomic E-state index is 13.3. The summed E-state index contributed by atoms with van der Waals surface area (Å²) in [7, 11) is 0. The highest BCUT2D eigenvalue weighted by Gasteiger charge is 2.44. The number of benzene rings is 2. The van der Waals surface area contributed by atoms with E-state index in [9.17, 15) is 23.2 Å². The van der Waals surface area contributed by atoms with E-state index in [0.717, 1.165) is 4.90 Å². The number of carbonyl (C=O) groups is 3. The van der Waals surface area contributed by atoms with Gasteiger partial charge in [0.25, 0.3) is 5.91 Å². The van der Waals surface area contributed by atoms with E-state index in [1.54, 1.807) is 24.0 Å². The first-order chi connectivity index (χ1) is 15.4. The van der Waals surface area contributed by atoms with Gasteiger partial charge in [-0.15, -0.1) is 0 Å². The Morgan fingerprint density at radius 3 is 2.09 bits per heavy atom. The van der Waals surface area contributed by atoms with Gasteiger partial charge in [0.05, 0.1) is 18.2 Å². The average Bonchev–Trinajstić information content (AvgIpc) is 3.10. The van der Waals surface area contributed by atoms with Gasteiger partial charge >= 0.3 is 0 Å². The molecule has 2 aromatic carbocycles. The fourth-order valence-electron chi connectivity index (χ4n) is 4.55. The van der Waals surface area contributed by atoms with Crippen molar-refractivity contribution in [1.29, 1.82) is 0 Å². The van der Waals surface area contributed by atoms with Gasteiger partial charge in [-0.3, -0.25) is 19.3 Å². The molecule has 2 aliphatic heterocycles. The third-order valence-electron chi connectivity index (χ3n) is 6.19. The molecule has 2 saturated heterocycles. The summed E-state index contributed by atoms with van der Waals surface area (Å²) in [5, 5.41) is 0. The number of hydrogen-bond acceptors (Lipinski definition) is 4. The van der Waals surface area contributed by atoms with Crippen LogP contribution in [0.4, 0.5) is 20.2 Å². The maximum Gasteiger partial charge on any atom is 0.251 e. The SMILES string of the molecule is CCC(=O)N(c1ccc(F)cc1)C1CCN([C@H]2CC(=O)N(c3ccc(F)cc3)C2=O)CC1. The van der Waals surface area contributed by atoms with E-state index in [0.29, 0.717) is 43.7 Å². The van der Waals surface area contributed by atoms with Crippen LogP contribution in [0.15, 0.2) is 48.5 Å². The van der Waals surface area contributed by atoms with Crippen molar-refractivity contribution < 1.29 is 23.2 Å². The zero-order chi connectivity index (χ0) is 22.8. The van der Waals surface area contributed by atoms with Gasteiger partial charge < -0.3 is 4.90 Å². The summed E-state index contributed by atoms with van der Waals surface area (Å²) < 4.78 is 26.6. The van der Waals surface area contributed by atoms with Crippen molar-refractivity contribution in [2.24, 2.45) is 0 Å². The highest BCUT2D eigenvalue weighted by atomic mass is 19.1. The van der Waals surface area contributed by atoms with Crippen LogP contribution in [0.1, 0.15) is 32.6 Å². The Bertz CT molecular complexity index is 1000. The van der Waals surface area contributed by atoms with E-state index in [1.807, 2.05) is 4.90 Å². The Hall–Kier alpha value is -3.13. The van der Waals surface area contributed by atoms with Crippen molar-refractivity contribution in [3.8, 4) is 0 Å². The molecule has 2 aliphatic rings. The lowest BCUT2D eigenvalue weighted by atomic mass is 9.99. The highest BCUT2D eigenvalue weighted by Crippen LogP contribution is 2.30. The number of piperidine rings is 1. The second kappa shape index (κ2) is 9.16. The number of amides is 3. The van der Waals surface area contributed by atoms with E-state index in [4.69, 9.17) is 0 Å². The minimum Gasteiger partial charge on any atom is -0.309 e. The number of anilines is 2. The molecule has 4 rings (SSSR count). The van der Waals surface area contributed by atoms with E-state index in [2.05, 4.69) is 0 Å². The first kappa shape index (κ1) is 22.1. The summed E-state index contributed by atoms with van der Waals surface area (Å²) in [4.78, 5) is 43.0. The summed E-state index contributed by atoms with van der Waals surface area (Å²) >= 11 is 0. The maximum atomic E-state index is 13.3. The molecule has 0 bridgehead atoms. The molecule has 2 aromatic rings. The van der Waals surface area contributed by atoms with Gasteiger partial charge in [0.1, 0.15) is 11.6 Å². The highest BCUT2D eigenvalue weighted by molar-refractivity contribution is 6.22. The van der Waals surface area contributed by atoms with Gasteiger partial charge in [-0.05, 0) is 61.4 Å². The average molecular weight is 441 g/mol. The van der Waals surface area contributed by atoms with Crippen molar-refractivity contribution in [3.63, 3.8) is 0 Å². The van der Waals surface area contributed by atoms with E-state index >= 15 is 0 Å². The number of rotatable bonds is 5. The van der Waals surface area contributed by atoms with E-state index in [-0.39, 0.29) is 36.0 Å². The van der Waals surface area contributed by atoms with Gasteiger partial charge in [-0.2, -0.15) is 0 Å². The fraction of sp³-hybridized carbons (Fsp3) is 0.375. The zero-order valence-electron chi connectivity index (χ0n) is 17.8. The molecule has 2 heterocycles. The van der Waals surface area contributed by atoms with Crippen LogP contribution in [-0.4, -0.2) is 47.8 Å². The second-order valence-corrected chi connectivity index (χ2v) is 8.12. The van der Waals surface area contributed by atoms with Gasteiger partial charge in [-0.25, -0.2) is 13.7 Å². The summed E-state index contributed by atoms with van der Waals surface area (Å²) in [6.07, 6.45) is 1.69. The van der Waals surface area contributed by atoms with Gasteiger partial charge in [-0.1, -0.05) is 6.92 Å². The molecule has 0 unspecified atom stereocenters. The van der Waals surface area contributed by atoms with Crippen LogP contribution in [0.3, 0.4) is 0 Å². The lowest BCUT2D eigenvalue weighted by Gasteiger charge is -2.40. The quantitative estimate of drug-likeness (QED) is 0.667. The molecule has 1 atom stereocenters. The third kappa shape index (κ3) is 4.27. The normalized spacial score (nSPS) is 20.1. The molecule has 0 aromatic heterocycles. The molecule has 2 fully saturated rings. The predicted octanol–water partition coefficient (Wildman–Crippen LogP) is 3.50. The molecule has 8 heteroatoms. The molecule has 0 spiro atoms. The molecule has 6 nitrogen and oxygen atoms in total. The van der Waals surface area contributed by atoms with Crippen molar-refractivity contribution in [1.82, 2.24) is 4.90 Å². The smallest absolute Gasteiger partial charge is 0.251 e. The number of nitrogens with zero attached hydrogens (tertiary/aromatic N) is 3. The predicted molar refractivity (Wildman–Crippen MR) is 116 cm³/mol. The fourth-order valence-corrected chi connectivity index (χ4v) is 4.55. The van der Waals surface area contributed by atoms with Crippen LogP contribution in [0.2, 0.25) is 0 Å². The third-order valence-corrected chi connectivity index (χ3v) is 6.19. The minimum atomic E-state index is -0.561. The summed E-state index contributed by atoms with van der Waals surface area (Å²) in [6.45, 7) is 2.90. The van der Waals surface area contributed by atoms with Gasteiger partial charge in [0.2, 0.25) is 11.8 Å². The molecule has 168 valence electrons. The van der Waals surface area contributed by atoms with Crippen molar-refractivity contribution >= 4 is 29.1 Å². The first-order valence-electron chi connectivity index (χ1n) is 10.8. The molecule has 0 radical (unpaired) electrons. The van der Waals surface area contributed by atoms with Crippen LogP contribution < -0.4 is 9.80 Å². The Labute approximate surface area is 185 Å². The number of carbonyl (C=O) groups excluding carboxylic acids is 3. The van der Waals surface area contributed by atoms with Crippen LogP contribution in [0, 0.1) is 11.6 Å². The molecule has 0 aliphatic carbocycles. The second-order valence-electron chi connectivity index (χ2n) is 8.12. The van der Waals surface area contributed by atoms with Crippen molar-refractivity contribution in [3.05, 3.63) is 60.2 Å². The Kier molecular flexibility index (Phi) is 6.32. The van der Waals surface area contributed by atoms with Crippen LogP contribution in [0.5, 0.6) is 0 Å². The monoisotopic (exact) mass is 441 g/mol. The van der Waals surface area contributed by atoms with Crippen molar-refractivity contribution in [2.75, 3.05) is 22.9 Å². The van der Waals surface area contributed by atoms with Crippen molar-refractivity contribution in [2.45, 2.75) is 44.7 Å². The Balaban J connectivity index is 1.45. The molecule has 3 amide bonds. The largest absolute Gasteiger partial charge is 0.309 e. The van der Waals surface area contributed by atoms with Crippen LogP contribution in [0.25, 0.3) is 0 Å². The molecule has 0 N–H and O–H groups in total. The summed E-state index contributed by atoms with van der Waals surface area (Å²) in [6, 6.07) is 10.6. The standard InChI is InChI=1S/C24H25F2N3O3/c1-2-22(30)28(18-7-3-16(25)4-8-18)20-11-13-27(14-12-20)21-15-23(31)29(24(21)32)19-9-5-17(26)6-10-19/h3-10,20-21H,2,11-15H2,1H3/t21-/m0/s1. The number of imide groups is 1. The minimum absolute atomic E-state index is 0.0373. The molecular formula is C24H25F2N3O3. The number of hydrogen-bond donors (Lipinski definition) is 0. The Morgan fingerprint density at radius 2 is 1.53 bits per heavy atom. The number of halogens is 2. The van der Waals surface area contributed by atoms with Gasteiger partial charge in [0, 0.05) is 31.2 Å². The van der Waals surface area contributed by atoms with E-state index < -0.39 is 11.9 Å². The summed E-state index contributed by atoms with van der Waals surface area (Å²) in [5.74, 6) is -1.44. The molecule has 32 heavy (non-hydrogen) atoms. The Morgan fingerprint density at radius 1 is 0.969 bits per heavy atom. The lowest BCUT2D eigenvalue weighted by molar-refractivity contribution is -0.123. The van der Waals surface area contributed by atoms with Gasteiger partial charge in [0.15, 0.2) is 0 Å². The van der Waals surface area contributed by atoms with E-state index in [1.165, 1.54) is 36.4 Å². The number of likely N-dealkylation sites (tertiary alicyclic amines) is 1. The van der Waals surface area contributed by atoms with Crippen LogP contribution >= 0.6 is 0 Å². The first-order valence-corrected chi connectivity index (χ1v) is 10.8. The topological polar surface area (TPSA) is 60.9 Å². The summed E-state index contributed by atoms with van der Waals surface area (Å²) in [5.41, 5.74) is 1.03.